The summed E-state index contributed by atoms with van der Waals surface area (Å²) in [6, 6.07) is 8.32. The Kier molecular flexibility index (Phi) is 5.63. The number of carbonyl (C=O) groups is 1. The fourth-order valence-electron chi connectivity index (χ4n) is 2.77. The number of amides is 1. The molecule has 2 aromatic carbocycles. The van der Waals surface area contributed by atoms with E-state index in [1.165, 1.54) is 25.1 Å². The summed E-state index contributed by atoms with van der Waals surface area (Å²) in [5.41, 5.74) is 2.07. The number of aryl methyl sites for hydroxylation is 2. The van der Waals surface area contributed by atoms with Crippen molar-refractivity contribution in [2.24, 2.45) is 0 Å². The molecule has 3 rings (SSSR count). The number of anilines is 2. The Balaban J connectivity index is 2.04. The molecule has 0 spiro atoms. The summed E-state index contributed by atoms with van der Waals surface area (Å²) in [5.74, 6) is -0.876. The Morgan fingerprint density at radius 2 is 1.90 bits per heavy atom. The number of hydrogen-bond acceptors (Lipinski definition) is 5. The number of nitrogens with zero attached hydrogens (tertiary/aromatic N) is 1. The van der Waals surface area contributed by atoms with Gasteiger partial charge in [-0.05, 0) is 49.2 Å². The van der Waals surface area contributed by atoms with Gasteiger partial charge in [-0.1, -0.05) is 28.9 Å². The van der Waals surface area contributed by atoms with E-state index in [2.05, 4.69) is 15.2 Å². The number of hydrogen-bond donors (Lipinski definition) is 2. The lowest BCUT2D eigenvalue weighted by Crippen LogP contribution is -2.14. The quantitative estimate of drug-likeness (QED) is 0.611. The van der Waals surface area contributed by atoms with Gasteiger partial charge in [0.05, 0.1) is 26.9 Å². The Morgan fingerprint density at radius 3 is 2.55 bits per heavy atom. The molecule has 0 unspecified atom stereocenters. The highest BCUT2D eigenvalue weighted by Gasteiger charge is 2.22. The normalized spacial score (nSPS) is 11.3. The summed E-state index contributed by atoms with van der Waals surface area (Å²) in [5, 5.41) is 6.18. The van der Waals surface area contributed by atoms with E-state index in [-0.39, 0.29) is 27.4 Å². The molecular weight excluding hydrogens is 421 g/mol. The Labute approximate surface area is 171 Å². The molecule has 0 saturated heterocycles. The van der Waals surface area contributed by atoms with Crippen LogP contribution in [0.5, 0.6) is 0 Å². The maximum Gasteiger partial charge on any atom is 0.262 e. The van der Waals surface area contributed by atoms with Crippen molar-refractivity contribution in [3.05, 3.63) is 58.5 Å². The number of aromatic nitrogens is 1. The van der Waals surface area contributed by atoms with E-state index in [0.29, 0.717) is 22.4 Å². The van der Waals surface area contributed by atoms with Gasteiger partial charge in [0, 0.05) is 6.92 Å². The van der Waals surface area contributed by atoms with Crippen molar-refractivity contribution in [2.45, 2.75) is 25.7 Å². The molecule has 0 aliphatic rings. The minimum Gasteiger partial charge on any atom is -0.337 e. The maximum atomic E-state index is 13.3. The molecule has 1 aromatic heterocycles. The summed E-state index contributed by atoms with van der Waals surface area (Å²) < 4.78 is 46.7. The van der Waals surface area contributed by atoms with Crippen LogP contribution in [-0.4, -0.2) is 19.5 Å². The zero-order chi connectivity index (χ0) is 21.3. The van der Waals surface area contributed by atoms with E-state index < -0.39 is 15.8 Å². The largest absolute Gasteiger partial charge is 0.337 e. The average Bonchev–Trinajstić information content (AvgIpc) is 2.98. The van der Waals surface area contributed by atoms with Gasteiger partial charge in [0.1, 0.15) is 5.82 Å². The fourth-order valence-corrected chi connectivity index (χ4v) is 4.27. The van der Waals surface area contributed by atoms with Gasteiger partial charge < -0.3 is 4.52 Å². The molecule has 0 fully saturated rings. The highest BCUT2D eigenvalue weighted by atomic mass is 35.5. The number of carbonyl (C=O) groups excluding carboxylic acids is 1. The molecule has 0 saturated carbocycles. The van der Waals surface area contributed by atoms with Crippen LogP contribution >= 0.6 is 11.6 Å². The first-order valence-corrected chi connectivity index (χ1v) is 10.3. The average molecular weight is 438 g/mol. The SMILES string of the molecule is CC(=O)Nc1onc(C)c1-c1ccc(C)c(S(=O)(=O)Nc2ccc(F)c(Cl)c2)c1. The fraction of sp³-hybridized carbons (Fsp3) is 0.158. The van der Waals surface area contributed by atoms with Crippen LogP contribution in [0.15, 0.2) is 45.8 Å². The molecule has 3 aromatic rings. The molecule has 2 N–H and O–H groups in total. The van der Waals surface area contributed by atoms with Crippen LogP contribution in [0.25, 0.3) is 11.1 Å². The first-order chi connectivity index (χ1) is 13.6. The third kappa shape index (κ3) is 4.41. The summed E-state index contributed by atoms with van der Waals surface area (Å²) in [6.07, 6.45) is 0. The number of nitrogens with one attached hydrogen (secondary N) is 2. The number of halogens is 2. The lowest BCUT2D eigenvalue weighted by atomic mass is 10.0. The first kappa shape index (κ1) is 20.8. The van der Waals surface area contributed by atoms with E-state index >= 15 is 0 Å². The minimum atomic E-state index is -4.01. The Bertz CT molecular complexity index is 1210. The Morgan fingerprint density at radius 1 is 1.17 bits per heavy atom. The van der Waals surface area contributed by atoms with Crippen LogP contribution in [0, 0.1) is 19.7 Å². The maximum absolute atomic E-state index is 13.3. The molecule has 1 amide bonds. The number of rotatable bonds is 5. The Hall–Kier alpha value is -2.91. The monoisotopic (exact) mass is 437 g/mol. The lowest BCUT2D eigenvalue weighted by Gasteiger charge is -2.13. The molecule has 0 aliphatic heterocycles. The van der Waals surface area contributed by atoms with Crippen LogP contribution in [0.3, 0.4) is 0 Å². The van der Waals surface area contributed by atoms with Gasteiger partial charge in [0.15, 0.2) is 0 Å². The van der Waals surface area contributed by atoms with E-state index in [9.17, 15) is 17.6 Å². The second kappa shape index (κ2) is 7.84. The topological polar surface area (TPSA) is 101 Å². The van der Waals surface area contributed by atoms with Crippen LogP contribution in [0.2, 0.25) is 5.02 Å². The summed E-state index contributed by atoms with van der Waals surface area (Å²) in [7, 11) is -4.01. The third-order valence-electron chi connectivity index (χ3n) is 4.09. The van der Waals surface area contributed by atoms with Gasteiger partial charge in [-0.2, -0.15) is 0 Å². The highest BCUT2D eigenvalue weighted by molar-refractivity contribution is 7.92. The summed E-state index contributed by atoms with van der Waals surface area (Å²) in [4.78, 5) is 11.4. The molecule has 29 heavy (non-hydrogen) atoms. The smallest absolute Gasteiger partial charge is 0.262 e. The number of benzene rings is 2. The van der Waals surface area contributed by atoms with Crippen LogP contribution in [0.4, 0.5) is 16.0 Å². The van der Waals surface area contributed by atoms with Gasteiger partial charge in [0.2, 0.25) is 11.8 Å². The minimum absolute atomic E-state index is 0.00447. The van der Waals surface area contributed by atoms with Gasteiger partial charge in [0.25, 0.3) is 10.0 Å². The zero-order valence-electron chi connectivity index (χ0n) is 15.7. The molecule has 0 aliphatic carbocycles. The van der Waals surface area contributed by atoms with Crippen molar-refractivity contribution >= 4 is 39.1 Å². The van der Waals surface area contributed by atoms with E-state index in [0.717, 1.165) is 6.07 Å². The number of sulfonamides is 1. The second-order valence-electron chi connectivity index (χ2n) is 6.37. The molecule has 10 heteroatoms. The standard InChI is InChI=1S/C19H17ClFN3O4S/c1-10-4-5-13(18-11(2)23-28-19(18)22-12(3)25)8-17(10)29(26,27)24-14-6-7-16(21)15(20)9-14/h4-9,24H,1-3H3,(H,22,25). The molecule has 0 bridgehead atoms. The van der Waals surface area contributed by atoms with Crippen molar-refractivity contribution < 1.29 is 22.1 Å². The van der Waals surface area contributed by atoms with Crippen molar-refractivity contribution in [3.63, 3.8) is 0 Å². The van der Waals surface area contributed by atoms with Gasteiger partial charge in [-0.25, -0.2) is 12.8 Å². The molecule has 152 valence electrons. The lowest BCUT2D eigenvalue weighted by molar-refractivity contribution is -0.114. The van der Waals surface area contributed by atoms with Gasteiger partial charge in [-0.3, -0.25) is 14.8 Å². The van der Waals surface area contributed by atoms with Crippen molar-refractivity contribution in [1.29, 1.82) is 0 Å². The predicted molar refractivity (Wildman–Crippen MR) is 108 cm³/mol. The van der Waals surface area contributed by atoms with Gasteiger partial charge >= 0.3 is 0 Å². The summed E-state index contributed by atoms with van der Waals surface area (Å²) in [6.45, 7) is 4.65. The molecule has 0 atom stereocenters. The zero-order valence-corrected chi connectivity index (χ0v) is 17.3. The third-order valence-corrected chi connectivity index (χ3v) is 5.90. The molecular formula is C19H17ClFN3O4S. The van der Waals surface area contributed by atoms with Crippen LogP contribution < -0.4 is 10.0 Å². The molecule has 7 nitrogen and oxygen atoms in total. The van der Waals surface area contributed by atoms with E-state index in [1.54, 1.807) is 26.0 Å². The van der Waals surface area contributed by atoms with E-state index in [4.69, 9.17) is 16.1 Å². The first-order valence-electron chi connectivity index (χ1n) is 8.41. The highest BCUT2D eigenvalue weighted by Crippen LogP contribution is 2.34. The van der Waals surface area contributed by atoms with Crippen molar-refractivity contribution in [2.75, 3.05) is 10.0 Å². The second-order valence-corrected chi connectivity index (χ2v) is 8.43. The van der Waals surface area contributed by atoms with Crippen LogP contribution in [-0.2, 0) is 14.8 Å². The predicted octanol–water partition coefficient (Wildman–Crippen LogP) is 4.51. The van der Waals surface area contributed by atoms with Crippen molar-refractivity contribution in [1.82, 2.24) is 5.16 Å². The molecule has 1 heterocycles. The van der Waals surface area contributed by atoms with Gasteiger partial charge in [-0.15, -0.1) is 0 Å². The van der Waals surface area contributed by atoms with Crippen molar-refractivity contribution in [3.8, 4) is 11.1 Å². The van der Waals surface area contributed by atoms with E-state index in [1.807, 2.05) is 0 Å². The summed E-state index contributed by atoms with van der Waals surface area (Å²) >= 11 is 5.73. The van der Waals surface area contributed by atoms with Crippen LogP contribution in [0.1, 0.15) is 18.2 Å². The molecule has 0 radical (unpaired) electrons.